The molecule has 1 N–H and O–H groups in total. The summed E-state index contributed by atoms with van der Waals surface area (Å²) in [6.45, 7) is 6.87. The number of sulfone groups is 1. The molecule has 5 aliphatic rings. The zero-order valence-corrected chi connectivity index (χ0v) is 31.1. The van der Waals surface area contributed by atoms with E-state index in [0.29, 0.717) is 33.0 Å². The van der Waals surface area contributed by atoms with Gasteiger partial charge < -0.3 is 29.3 Å². The van der Waals surface area contributed by atoms with Crippen LogP contribution in [-0.2, 0) is 29.5 Å². The number of alkyl carbamates (subject to hydrolysis) is 1. The molecule has 0 bridgehead atoms. The van der Waals surface area contributed by atoms with E-state index in [9.17, 15) is 17.6 Å². The van der Waals surface area contributed by atoms with Crippen molar-refractivity contribution in [3.8, 4) is 0 Å². The molecular weight excluding hydrogens is 691 g/mol. The predicted octanol–water partition coefficient (Wildman–Crippen LogP) is 4.67. The van der Waals surface area contributed by atoms with Crippen molar-refractivity contribution in [2.45, 2.75) is 60.5 Å². The van der Waals surface area contributed by atoms with Crippen LogP contribution in [0.3, 0.4) is 0 Å². The number of alkyl halides is 1. The van der Waals surface area contributed by atoms with Crippen molar-refractivity contribution < 1.29 is 36.2 Å². The van der Waals surface area contributed by atoms with Gasteiger partial charge in [-0.15, -0.1) is 0 Å². The molecule has 1 aliphatic carbocycles. The van der Waals surface area contributed by atoms with Crippen LogP contribution < -0.4 is 10.2 Å². The van der Waals surface area contributed by atoms with Gasteiger partial charge in [-0.3, -0.25) is 4.90 Å². The minimum Gasteiger partial charge on any atom is -0.453 e. The molecule has 13 heteroatoms. The molecule has 286 valence electrons. The Morgan fingerprint density at radius 2 is 1.67 bits per heavy atom. The van der Waals surface area contributed by atoms with E-state index < -0.39 is 21.6 Å². The zero-order chi connectivity index (χ0) is 36.3. The first-order valence-corrected chi connectivity index (χ1v) is 20.7. The Balaban J connectivity index is 0.999. The molecule has 5 fully saturated rings. The lowest BCUT2D eigenvalue weighted by Gasteiger charge is -2.54. The number of anilines is 1. The fourth-order valence-corrected chi connectivity index (χ4v) is 11.3. The highest BCUT2D eigenvalue weighted by molar-refractivity contribution is 7.91. The lowest BCUT2D eigenvalue weighted by molar-refractivity contribution is 0.00584. The van der Waals surface area contributed by atoms with E-state index in [1.165, 1.54) is 13.2 Å². The lowest BCUT2D eigenvalue weighted by atomic mass is 9.57. The second kappa shape index (κ2) is 15.9. The number of likely N-dealkylation sites (tertiary alicyclic amines) is 2. The largest absolute Gasteiger partial charge is 0.453 e. The summed E-state index contributed by atoms with van der Waals surface area (Å²) >= 11 is 0. The summed E-state index contributed by atoms with van der Waals surface area (Å²) < 4.78 is 73.3. The number of carbonyl (C=O) groups is 1. The molecule has 3 atom stereocenters. The topological polar surface area (TPSA) is 101 Å². The van der Waals surface area contributed by atoms with Gasteiger partial charge in [0.25, 0.3) is 0 Å². The number of hydrogen-bond acceptors (Lipinski definition) is 9. The quantitative estimate of drug-likeness (QED) is 0.333. The molecule has 0 radical (unpaired) electrons. The van der Waals surface area contributed by atoms with Crippen molar-refractivity contribution >= 4 is 21.6 Å². The van der Waals surface area contributed by atoms with Crippen LogP contribution in [0.4, 0.5) is 19.3 Å². The Kier molecular flexibility index (Phi) is 11.4. The van der Waals surface area contributed by atoms with Gasteiger partial charge in [0.2, 0.25) is 0 Å². The maximum absolute atomic E-state index is 16.2. The van der Waals surface area contributed by atoms with Crippen LogP contribution in [0.2, 0.25) is 0 Å². The van der Waals surface area contributed by atoms with Gasteiger partial charge in [0.05, 0.1) is 57.3 Å². The van der Waals surface area contributed by atoms with Crippen molar-refractivity contribution in [2.75, 3.05) is 96.5 Å². The van der Waals surface area contributed by atoms with Crippen LogP contribution in [0.1, 0.15) is 44.1 Å². The maximum Gasteiger partial charge on any atom is 0.407 e. The highest BCUT2D eigenvalue weighted by Gasteiger charge is 2.54. The maximum atomic E-state index is 16.2. The molecule has 2 aromatic rings. The molecule has 2 aromatic carbocycles. The third-order valence-corrected chi connectivity index (χ3v) is 14.2. The van der Waals surface area contributed by atoms with Crippen molar-refractivity contribution in [2.24, 2.45) is 17.8 Å². The van der Waals surface area contributed by atoms with Crippen LogP contribution >= 0.6 is 0 Å². The molecule has 7 rings (SSSR count). The van der Waals surface area contributed by atoms with Crippen LogP contribution in [0.15, 0.2) is 53.4 Å². The monoisotopic (exact) mass is 744 g/mol. The first-order valence-electron chi connectivity index (χ1n) is 19.0. The van der Waals surface area contributed by atoms with Crippen molar-refractivity contribution in [1.82, 2.24) is 15.1 Å². The Morgan fingerprint density at radius 1 is 0.962 bits per heavy atom. The minimum atomic E-state index is -3.51. The van der Waals surface area contributed by atoms with E-state index in [0.717, 1.165) is 82.5 Å². The van der Waals surface area contributed by atoms with E-state index in [1.807, 2.05) is 11.0 Å². The fourth-order valence-electron chi connectivity index (χ4n) is 9.70. The number of methoxy groups -OCH3 is 1. The summed E-state index contributed by atoms with van der Waals surface area (Å²) in [5, 5.41) is 3.14. The van der Waals surface area contributed by atoms with Crippen LogP contribution in [0, 0.1) is 23.6 Å². The summed E-state index contributed by atoms with van der Waals surface area (Å²) in [5.74, 6) is -0.125. The molecular formula is C39H54F2N4O6S. The van der Waals surface area contributed by atoms with Gasteiger partial charge in [0.15, 0.2) is 15.5 Å². The molecule has 4 heterocycles. The Labute approximate surface area is 307 Å². The molecule has 10 nitrogen and oxygen atoms in total. The highest BCUT2D eigenvalue weighted by atomic mass is 32.2. The number of halogens is 2. The van der Waals surface area contributed by atoms with Gasteiger partial charge in [-0.25, -0.2) is 22.0 Å². The molecule has 4 aliphatic heterocycles. The summed E-state index contributed by atoms with van der Waals surface area (Å²) in [5.41, 5.74) is 0.0814. The Morgan fingerprint density at radius 3 is 2.31 bits per heavy atom. The number of carbonyl (C=O) groups excluding carboxylic acids is 1. The third kappa shape index (κ3) is 8.13. The van der Waals surface area contributed by atoms with Crippen LogP contribution in [0.25, 0.3) is 0 Å². The molecule has 0 unspecified atom stereocenters. The minimum absolute atomic E-state index is 0.0342. The normalized spacial score (nSPS) is 26.2. The smallest absolute Gasteiger partial charge is 0.407 e. The zero-order valence-electron chi connectivity index (χ0n) is 30.3. The second-order valence-electron chi connectivity index (χ2n) is 15.8. The van der Waals surface area contributed by atoms with Crippen molar-refractivity contribution in [1.29, 1.82) is 0 Å². The van der Waals surface area contributed by atoms with Crippen molar-refractivity contribution in [3.63, 3.8) is 0 Å². The number of rotatable bonds is 12. The van der Waals surface area contributed by atoms with E-state index in [1.54, 1.807) is 30.3 Å². The van der Waals surface area contributed by atoms with Gasteiger partial charge in [-0.1, -0.05) is 18.6 Å². The molecule has 52 heavy (non-hydrogen) atoms. The Hall–Kier alpha value is -2.84. The van der Waals surface area contributed by atoms with Crippen molar-refractivity contribution in [3.05, 3.63) is 59.9 Å². The number of amides is 1. The lowest BCUT2D eigenvalue weighted by Crippen LogP contribution is -2.65. The number of benzene rings is 2. The first kappa shape index (κ1) is 37.5. The van der Waals surface area contributed by atoms with E-state index in [4.69, 9.17) is 14.2 Å². The molecule has 0 aromatic heterocycles. The third-order valence-electron chi connectivity index (χ3n) is 12.3. The molecule has 4 saturated heterocycles. The summed E-state index contributed by atoms with van der Waals surface area (Å²) in [7, 11) is -2.12. The summed E-state index contributed by atoms with van der Waals surface area (Å²) in [6, 6.07) is 13.8. The SMILES string of the molecule is COC(=O)N[C@H]1CCC[C@@H]1[C@](CN1CCC1)(c1cccc(F)c1)C1CCN(CC2(F)CN(c3ccc(S(=O)(=O)CC4COCCOC4)cc3)C2)CC1. The van der Waals surface area contributed by atoms with Gasteiger partial charge in [-0.2, -0.15) is 0 Å². The van der Waals surface area contributed by atoms with Crippen LogP contribution in [-0.4, -0.2) is 128 Å². The highest BCUT2D eigenvalue weighted by Crippen LogP contribution is 2.51. The predicted molar refractivity (Wildman–Crippen MR) is 195 cm³/mol. The summed E-state index contributed by atoms with van der Waals surface area (Å²) in [4.78, 5) is 19.4. The van der Waals surface area contributed by atoms with E-state index in [2.05, 4.69) is 21.2 Å². The van der Waals surface area contributed by atoms with Gasteiger partial charge >= 0.3 is 6.09 Å². The molecule has 0 spiro atoms. The second-order valence-corrected chi connectivity index (χ2v) is 17.8. The van der Waals surface area contributed by atoms with E-state index >= 15 is 4.39 Å². The number of piperidine rings is 1. The van der Waals surface area contributed by atoms with Gasteiger partial charge in [-0.05, 0) is 112 Å². The Bertz CT molecular complexity index is 1620. The van der Waals surface area contributed by atoms with E-state index in [-0.39, 0.29) is 58.8 Å². The molecule has 1 saturated carbocycles. The fraction of sp³-hybridized carbons (Fsp3) is 0.667. The average Bonchev–Trinajstić information content (AvgIpc) is 3.41. The van der Waals surface area contributed by atoms with Gasteiger partial charge in [0, 0.05) is 36.2 Å². The summed E-state index contributed by atoms with van der Waals surface area (Å²) in [6.07, 6.45) is 5.24. The van der Waals surface area contributed by atoms with Gasteiger partial charge in [0.1, 0.15) is 5.82 Å². The first-order chi connectivity index (χ1) is 25.1. The number of hydrogen-bond donors (Lipinski definition) is 1. The number of ether oxygens (including phenoxy) is 3. The van der Waals surface area contributed by atoms with Crippen LogP contribution in [0.5, 0.6) is 0 Å². The number of nitrogens with zero attached hydrogens (tertiary/aromatic N) is 3. The standard InChI is InChI=1S/C39H54F2N4O6S/c1-49-37(46)42-36-8-3-7-35(36)39(28-43-15-4-16-43,31-5-2-6-32(40)21-31)30-13-17-44(18-14-30)25-38(41)26-45(27-38)33-9-11-34(12-10-33)52(47,48)24-29-22-50-19-20-51-23-29/h2,5-6,9-12,21,29-30,35-36H,3-4,7-8,13-20,22-28H2,1H3,(H,42,46)/t35-,36-,39-/m0/s1. The average molecular weight is 745 g/mol. The molecule has 1 amide bonds. The number of nitrogens with one attached hydrogen (secondary N) is 1.